The Morgan fingerprint density at radius 3 is 2.47 bits per heavy atom. The van der Waals surface area contributed by atoms with Gasteiger partial charge in [-0.2, -0.15) is 0 Å². The van der Waals surface area contributed by atoms with Crippen LogP contribution in [0.1, 0.15) is 10.4 Å². The lowest BCUT2D eigenvalue weighted by Gasteiger charge is -2.13. The number of anilines is 3. The summed E-state index contributed by atoms with van der Waals surface area (Å²) in [5.41, 5.74) is 13.1. The predicted molar refractivity (Wildman–Crippen MR) is 81.8 cm³/mol. The maximum atomic E-state index is 11.2. The van der Waals surface area contributed by atoms with Crippen LogP contribution in [0.25, 0.3) is 0 Å². The maximum Gasteiger partial charge on any atom is 0.250 e. The van der Waals surface area contributed by atoms with Crippen molar-refractivity contribution in [3.63, 3.8) is 0 Å². The highest BCUT2D eigenvalue weighted by Gasteiger charge is 2.11. The Balaban J connectivity index is 2.42. The van der Waals surface area contributed by atoms with E-state index in [0.717, 1.165) is 10.2 Å². The number of amides is 1. The summed E-state index contributed by atoms with van der Waals surface area (Å²) in [5.74, 6) is -0.564. The summed E-state index contributed by atoms with van der Waals surface area (Å²) < 4.78 is 0.723. The van der Waals surface area contributed by atoms with Crippen molar-refractivity contribution < 1.29 is 4.79 Å². The van der Waals surface area contributed by atoms with Crippen molar-refractivity contribution in [3.8, 4) is 0 Å². The van der Waals surface area contributed by atoms with Crippen molar-refractivity contribution in [1.82, 2.24) is 0 Å². The molecular weight excluding hydrogens is 330 g/mol. The third-order valence-electron chi connectivity index (χ3n) is 2.59. The van der Waals surface area contributed by atoms with Crippen molar-refractivity contribution in [2.45, 2.75) is 0 Å². The van der Waals surface area contributed by atoms with E-state index in [4.69, 9.17) is 23.1 Å². The van der Waals surface area contributed by atoms with E-state index in [1.807, 2.05) is 12.1 Å². The quantitative estimate of drug-likeness (QED) is 0.748. The Morgan fingerprint density at radius 1 is 1.16 bits per heavy atom. The van der Waals surface area contributed by atoms with Gasteiger partial charge in [-0.05, 0) is 40.2 Å². The molecule has 19 heavy (non-hydrogen) atoms. The number of halogens is 2. The van der Waals surface area contributed by atoms with E-state index in [0.29, 0.717) is 16.4 Å². The summed E-state index contributed by atoms with van der Waals surface area (Å²) in [7, 11) is 0. The van der Waals surface area contributed by atoms with E-state index in [1.54, 1.807) is 24.3 Å². The molecule has 0 heterocycles. The highest BCUT2D eigenvalue weighted by Crippen LogP contribution is 2.34. The summed E-state index contributed by atoms with van der Waals surface area (Å²) in [4.78, 5) is 11.2. The summed E-state index contributed by atoms with van der Waals surface area (Å²) in [5, 5.41) is 3.69. The lowest BCUT2D eigenvalue weighted by atomic mass is 10.1. The van der Waals surface area contributed by atoms with Gasteiger partial charge in [-0.1, -0.05) is 23.7 Å². The Bertz CT molecular complexity index is 646. The van der Waals surface area contributed by atoms with Crippen LogP contribution in [0.4, 0.5) is 17.1 Å². The van der Waals surface area contributed by atoms with E-state index in [-0.39, 0.29) is 5.56 Å². The third kappa shape index (κ3) is 2.83. The minimum absolute atomic E-state index is 0.281. The van der Waals surface area contributed by atoms with Crippen LogP contribution in [0.3, 0.4) is 0 Å². The second kappa shape index (κ2) is 5.50. The number of hydrogen-bond acceptors (Lipinski definition) is 3. The van der Waals surface area contributed by atoms with Crippen molar-refractivity contribution in [2.24, 2.45) is 5.73 Å². The molecule has 0 aliphatic rings. The zero-order valence-electron chi connectivity index (χ0n) is 9.78. The minimum Gasteiger partial charge on any atom is -0.396 e. The van der Waals surface area contributed by atoms with Crippen LogP contribution in [0.5, 0.6) is 0 Å². The molecule has 0 aliphatic heterocycles. The van der Waals surface area contributed by atoms with Gasteiger partial charge in [0.05, 0.1) is 32.1 Å². The minimum atomic E-state index is -0.564. The van der Waals surface area contributed by atoms with Crippen LogP contribution in [-0.2, 0) is 0 Å². The smallest absolute Gasteiger partial charge is 0.250 e. The first-order valence-electron chi connectivity index (χ1n) is 5.40. The molecular formula is C13H11BrClN3O. The van der Waals surface area contributed by atoms with Gasteiger partial charge in [-0.25, -0.2) is 0 Å². The number of benzene rings is 2. The lowest BCUT2D eigenvalue weighted by Crippen LogP contribution is -2.14. The standard InChI is InChI=1S/C13H11BrClN3O/c14-11-8(15)4-2-5-9(11)18-10-6-1-3-7(12(10)16)13(17)19/h1-6,18H,16H2,(H2,17,19). The third-order valence-corrected chi connectivity index (χ3v) is 3.99. The molecule has 98 valence electrons. The Labute approximate surface area is 123 Å². The van der Waals surface area contributed by atoms with Crippen molar-refractivity contribution in [2.75, 3.05) is 11.1 Å². The molecule has 0 saturated carbocycles. The molecule has 0 atom stereocenters. The van der Waals surface area contributed by atoms with Crippen molar-refractivity contribution >= 4 is 50.5 Å². The van der Waals surface area contributed by atoms with Gasteiger partial charge in [0.25, 0.3) is 5.91 Å². The van der Waals surface area contributed by atoms with Gasteiger partial charge in [0, 0.05) is 0 Å². The first kappa shape index (κ1) is 13.7. The molecule has 0 spiro atoms. The summed E-state index contributed by atoms with van der Waals surface area (Å²) in [6, 6.07) is 10.5. The Morgan fingerprint density at radius 2 is 1.79 bits per heavy atom. The second-order valence-corrected chi connectivity index (χ2v) is 5.06. The molecule has 6 heteroatoms. The molecule has 0 aliphatic carbocycles. The SMILES string of the molecule is NC(=O)c1cccc(Nc2cccc(Cl)c2Br)c1N. The summed E-state index contributed by atoms with van der Waals surface area (Å²) in [6.07, 6.45) is 0. The fourth-order valence-corrected chi connectivity index (χ4v) is 2.17. The molecule has 4 nitrogen and oxygen atoms in total. The number of rotatable bonds is 3. The lowest BCUT2D eigenvalue weighted by molar-refractivity contribution is 0.100. The first-order chi connectivity index (χ1) is 9.00. The fraction of sp³-hybridized carbons (Fsp3) is 0. The van der Waals surface area contributed by atoms with E-state index < -0.39 is 5.91 Å². The molecule has 0 bridgehead atoms. The number of primary amides is 1. The van der Waals surface area contributed by atoms with Gasteiger partial charge in [0.2, 0.25) is 0 Å². The maximum absolute atomic E-state index is 11.2. The molecule has 0 radical (unpaired) electrons. The van der Waals surface area contributed by atoms with E-state index in [2.05, 4.69) is 21.2 Å². The van der Waals surface area contributed by atoms with Crippen LogP contribution in [0, 0.1) is 0 Å². The number of carbonyl (C=O) groups excluding carboxylic acids is 1. The average molecular weight is 341 g/mol. The van der Waals surface area contributed by atoms with Crippen molar-refractivity contribution in [1.29, 1.82) is 0 Å². The molecule has 1 amide bonds. The number of nitrogens with one attached hydrogen (secondary N) is 1. The molecule has 2 aromatic carbocycles. The van der Waals surface area contributed by atoms with Gasteiger partial charge >= 0.3 is 0 Å². The Hall–Kier alpha value is -1.72. The number of nitrogen functional groups attached to an aromatic ring is 1. The van der Waals surface area contributed by atoms with Crippen LogP contribution in [0.15, 0.2) is 40.9 Å². The molecule has 0 unspecified atom stereocenters. The highest BCUT2D eigenvalue weighted by molar-refractivity contribution is 9.10. The zero-order valence-corrected chi connectivity index (χ0v) is 12.1. The topological polar surface area (TPSA) is 81.1 Å². The molecule has 2 rings (SSSR count). The van der Waals surface area contributed by atoms with Gasteiger partial charge < -0.3 is 16.8 Å². The van der Waals surface area contributed by atoms with Gasteiger partial charge in [-0.3, -0.25) is 4.79 Å². The second-order valence-electron chi connectivity index (χ2n) is 3.86. The number of para-hydroxylation sites is 1. The van der Waals surface area contributed by atoms with Gasteiger partial charge in [-0.15, -0.1) is 0 Å². The van der Waals surface area contributed by atoms with Crippen molar-refractivity contribution in [3.05, 3.63) is 51.5 Å². The average Bonchev–Trinajstić information content (AvgIpc) is 2.37. The molecule has 0 fully saturated rings. The van der Waals surface area contributed by atoms with Crippen LogP contribution in [-0.4, -0.2) is 5.91 Å². The number of hydrogen-bond donors (Lipinski definition) is 3. The largest absolute Gasteiger partial charge is 0.396 e. The Kier molecular flexibility index (Phi) is 3.97. The van der Waals surface area contributed by atoms with Crippen LogP contribution < -0.4 is 16.8 Å². The fourth-order valence-electron chi connectivity index (χ4n) is 1.63. The van der Waals surface area contributed by atoms with E-state index >= 15 is 0 Å². The molecule has 5 N–H and O–H groups in total. The van der Waals surface area contributed by atoms with E-state index in [9.17, 15) is 4.79 Å². The molecule has 2 aromatic rings. The monoisotopic (exact) mass is 339 g/mol. The van der Waals surface area contributed by atoms with E-state index in [1.165, 1.54) is 0 Å². The van der Waals surface area contributed by atoms with Gasteiger partial charge in [0.1, 0.15) is 0 Å². The highest BCUT2D eigenvalue weighted by atomic mass is 79.9. The first-order valence-corrected chi connectivity index (χ1v) is 6.57. The number of nitrogens with two attached hydrogens (primary N) is 2. The predicted octanol–water partition coefficient (Wildman–Crippen LogP) is 3.53. The zero-order chi connectivity index (χ0) is 14.0. The molecule has 0 saturated heterocycles. The molecule has 0 aromatic heterocycles. The normalized spacial score (nSPS) is 10.2. The summed E-state index contributed by atoms with van der Waals surface area (Å²) in [6.45, 7) is 0. The van der Waals surface area contributed by atoms with Gasteiger partial charge in [0.15, 0.2) is 0 Å². The van der Waals surface area contributed by atoms with Crippen LogP contribution in [0.2, 0.25) is 5.02 Å². The summed E-state index contributed by atoms with van der Waals surface area (Å²) >= 11 is 9.39. The van der Waals surface area contributed by atoms with Crippen LogP contribution >= 0.6 is 27.5 Å². The number of carbonyl (C=O) groups is 1.